The summed E-state index contributed by atoms with van der Waals surface area (Å²) in [5.74, 6) is -0.801. The molecule has 1 amide bonds. The number of hydrogen-bond acceptors (Lipinski definition) is 6. The number of hydrogen-bond donors (Lipinski definition) is 2. The summed E-state index contributed by atoms with van der Waals surface area (Å²) in [6, 6.07) is 4.71. The molecule has 8 heteroatoms. The number of carbonyl (C=O) groups is 2. The number of nitrogens with zero attached hydrogens (tertiary/aromatic N) is 1. The van der Waals surface area contributed by atoms with Crippen LogP contribution in [0.4, 0.5) is 0 Å². The van der Waals surface area contributed by atoms with Crippen LogP contribution >= 0.6 is 0 Å². The number of rotatable bonds is 6. The van der Waals surface area contributed by atoms with Crippen molar-refractivity contribution in [2.45, 2.75) is 25.5 Å². The van der Waals surface area contributed by atoms with Crippen LogP contribution in [-0.4, -0.2) is 35.7 Å². The van der Waals surface area contributed by atoms with Crippen LogP contribution in [0.3, 0.4) is 0 Å². The lowest BCUT2D eigenvalue weighted by Crippen LogP contribution is -2.24. The summed E-state index contributed by atoms with van der Waals surface area (Å²) in [7, 11) is 1.40. The van der Waals surface area contributed by atoms with E-state index in [1.54, 1.807) is 12.1 Å². The Morgan fingerprint density at radius 2 is 2.28 bits per heavy atom. The third-order valence-electron chi connectivity index (χ3n) is 3.98. The van der Waals surface area contributed by atoms with E-state index in [4.69, 9.17) is 13.9 Å². The van der Waals surface area contributed by atoms with Gasteiger partial charge in [0.1, 0.15) is 17.4 Å². The molecule has 0 saturated carbocycles. The molecule has 132 valence electrons. The van der Waals surface area contributed by atoms with E-state index in [0.29, 0.717) is 17.9 Å². The van der Waals surface area contributed by atoms with Crippen LogP contribution in [0.1, 0.15) is 51.1 Å². The minimum absolute atomic E-state index is 0.0377. The van der Waals surface area contributed by atoms with Crippen molar-refractivity contribution in [3.63, 3.8) is 0 Å². The van der Waals surface area contributed by atoms with Crippen LogP contribution in [0, 0.1) is 0 Å². The number of carboxylic acid groups (broad SMARTS) is 1. The summed E-state index contributed by atoms with van der Waals surface area (Å²) in [6.45, 7) is 0.789. The van der Waals surface area contributed by atoms with Crippen molar-refractivity contribution in [3.8, 4) is 5.75 Å². The molecule has 1 fully saturated rings. The highest BCUT2D eigenvalue weighted by Crippen LogP contribution is 2.30. The number of amides is 1. The average Bonchev–Trinajstić information content (AvgIpc) is 3.29. The van der Waals surface area contributed by atoms with Crippen LogP contribution in [-0.2, 0) is 11.3 Å². The third-order valence-corrected chi connectivity index (χ3v) is 3.98. The van der Waals surface area contributed by atoms with E-state index in [9.17, 15) is 14.7 Å². The standard InChI is InChI=1S/C17H18N2O6/c1-23-12-5-4-10(7-11(12)17(21)22)8-18-16(20)14-15(25-9-19-14)13-3-2-6-24-13/h4-5,7,9,13H,2-3,6,8H2,1H3,(H,18,20)(H,21,22). The molecular formula is C17H18N2O6. The van der Waals surface area contributed by atoms with Crippen molar-refractivity contribution in [1.82, 2.24) is 10.3 Å². The molecule has 1 aromatic carbocycles. The van der Waals surface area contributed by atoms with Crippen LogP contribution in [0.15, 0.2) is 29.0 Å². The molecule has 0 spiro atoms. The van der Waals surface area contributed by atoms with Crippen molar-refractivity contribution in [3.05, 3.63) is 47.2 Å². The number of ether oxygens (including phenoxy) is 2. The summed E-state index contributed by atoms with van der Waals surface area (Å²) in [5.41, 5.74) is 0.864. The van der Waals surface area contributed by atoms with Gasteiger partial charge in [0.2, 0.25) is 0 Å². The first-order valence-corrected chi connectivity index (χ1v) is 7.83. The Morgan fingerprint density at radius 1 is 1.44 bits per heavy atom. The summed E-state index contributed by atoms with van der Waals surface area (Å²) in [5, 5.41) is 11.9. The first-order valence-electron chi connectivity index (χ1n) is 7.83. The zero-order valence-electron chi connectivity index (χ0n) is 13.7. The topological polar surface area (TPSA) is 111 Å². The van der Waals surface area contributed by atoms with Gasteiger partial charge in [-0.1, -0.05) is 6.07 Å². The maximum Gasteiger partial charge on any atom is 0.339 e. The molecule has 0 aliphatic carbocycles. The van der Waals surface area contributed by atoms with Crippen molar-refractivity contribution in [1.29, 1.82) is 0 Å². The Labute approximate surface area is 143 Å². The first-order chi connectivity index (χ1) is 12.1. The third kappa shape index (κ3) is 3.63. The van der Waals surface area contributed by atoms with Gasteiger partial charge in [-0.05, 0) is 30.5 Å². The Bertz CT molecular complexity index is 779. The van der Waals surface area contributed by atoms with E-state index in [0.717, 1.165) is 12.8 Å². The summed E-state index contributed by atoms with van der Waals surface area (Å²) in [4.78, 5) is 27.6. The fourth-order valence-electron chi connectivity index (χ4n) is 2.74. The molecule has 2 aromatic rings. The molecule has 1 atom stereocenters. The smallest absolute Gasteiger partial charge is 0.339 e. The Balaban J connectivity index is 1.70. The molecule has 1 aliphatic rings. The summed E-state index contributed by atoms with van der Waals surface area (Å²) >= 11 is 0. The molecule has 2 N–H and O–H groups in total. The molecule has 25 heavy (non-hydrogen) atoms. The largest absolute Gasteiger partial charge is 0.496 e. The van der Waals surface area contributed by atoms with Crippen molar-refractivity contribution < 1.29 is 28.6 Å². The van der Waals surface area contributed by atoms with Crippen LogP contribution < -0.4 is 10.1 Å². The molecule has 1 aromatic heterocycles. The minimum Gasteiger partial charge on any atom is -0.496 e. The average molecular weight is 346 g/mol. The lowest BCUT2D eigenvalue weighted by molar-refractivity contribution is 0.0693. The van der Waals surface area contributed by atoms with Crippen molar-refractivity contribution in [2.24, 2.45) is 0 Å². The van der Waals surface area contributed by atoms with Gasteiger partial charge in [0, 0.05) is 13.2 Å². The SMILES string of the molecule is COc1ccc(CNC(=O)c2ncoc2C2CCCO2)cc1C(=O)O. The maximum absolute atomic E-state index is 12.4. The molecule has 1 aliphatic heterocycles. The molecule has 1 saturated heterocycles. The molecule has 3 rings (SSSR count). The number of aromatic nitrogens is 1. The number of carbonyl (C=O) groups excluding carboxylic acids is 1. The molecule has 8 nitrogen and oxygen atoms in total. The van der Waals surface area contributed by atoms with Gasteiger partial charge >= 0.3 is 5.97 Å². The highest BCUT2D eigenvalue weighted by atomic mass is 16.5. The Morgan fingerprint density at radius 3 is 2.96 bits per heavy atom. The van der Waals surface area contributed by atoms with Gasteiger partial charge in [0.15, 0.2) is 17.8 Å². The highest BCUT2D eigenvalue weighted by Gasteiger charge is 2.27. The van der Waals surface area contributed by atoms with E-state index >= 15 is 0 Å². The van der Waals surface area contributed by atoms with Gasteiger partial charge in [-0.25, -0.2) is 9.78 Å². The Hall–Kier alpha value is -2.87. The van der Waals surface area contributed by atoms with Crippen LogP contribution in [0.5, 0.6) is 5.75 Å². The zero-order valence-corrected chi connectivity index (χ0v) is 13.7. The monoisotopic (exact) mass is 346 g/mol. The highest BCUT2D eigenvalue weighted by molar-refractivity contribution is 5.93. The molecule has 0 bridgehead atoms. The lowest BCUT2D eigenvalue weighted by atomic mass is 10.1. The van der Waals surface area contributed by atoms with Crippen molar-refractivity contribution in [2.75, 3.05) is 13.7 Å². The van der Waals surface area contributed by atoms with Gasteiger partial charge in [0.25, 0.3) is 5.91 Å². The van der Waals surface area contributed by atoms with E-state index < -0.39 is 11.9 Å². The van der Waals surface area contributed by atoms with Crippen LogP contribution in [0.2, 0.25) is 0 Å². The normalized spacial score (nSPS) is 16.6. The number of carboxylic acids is 1. The predicted molar refractivity (Wildman–Crippen MR) is 85.6 cm³/mol. The van der Waals surface area contributed by atoms with E-state index in [-0.39, 0.29) is 29.7 Å². The fourth-order valence-corrected chi connectivity index (χ4v) is 2.74. The van der Waals surface area contributed by atoms with Gasteiger partial charge < -0.3 is 24.3 Å². The van der Waals surface area contributed by atoms with Gasteiger partial charge in [0.05, 0.1) is 7.11 Å². The lowest BCUT2D eigenvalue weighted by Gasteiger charge is -2.10. The van der Waals surface area contributed by atoms with Crippen LogP contribution in [0.25, 0.3) is 0 Å². The summed E-state index contributed by atoms with van der Waals surface area (Å²) < 4.78 is 15.9. The molecular weight excluding hydrogens is 328 g/mol. The Kier molecular flexibility index (Phi) is 4.99. The van der Waals surface area contributed by atoms with Gasteiger partial charge in [-0.3, -0.25) is 4.79 Å². The molecule has 0 radical (unpaired) electrons. The number of benzene rings is 1. The van der Waals surface area contributed by atoms with Gasteiger partial charge in [-0.15, -0.1) is 0 Å². The maximum atomic E-state index is 12.4. The van der Waals surface area contributed by atoms with E-state index in [2.05, 4.69) is 10.3 Å². The van der Waals surface area contributed by atoms with E-state index in [1.807, 2.05) is 0 Å². The number of methoxy groups -OCH3 is 1. The number of aromatic carboxylic acids is 1. The second-order valence-corrected chi connectivity index (χ2v) is 5.59. The second-order valence-electron chi connectivity index (χ2n) is 5.59. The molecule has 1 unspecified atom stereocenters. The summed E-state index contributed by atoms with van der Waals surface area (Å²) in [6.07, 6.45) is 2.68. The second kappa shape index (κ2) is 7.35. The first kappa shape index (κ1) is 17.0. The number of nitrogens with one attached hydrogen (secondary N) is 1. The minimum atomic E-state index is -1.10. The quantitative estimate of drug-likeness (QED) is 0.824. The number of oxazole rings is 1. The van der Waals surface area contributed by atoms with Gasteiger partial charge in [-0.2, -0.15) is 0 Å². The fraction of sp³-hybridized carbons (Fsp3) is 0.353. The molecule has 2 heterocycles. The zero-order chi connectivity index (χ0) is 17.8. The van der Waals surface area contributed by atoms with E-state index in [1.165, 1.54) is 19.6 Å². The van der Waals surface area contributed by atoms with Crippen molar-refractivity contribution >= 4 is 11.9 Å². The predicted octanol–water partition coefficient (Wildman–Crippen LogP) is 2.16.